The van der Waals surface area contributed by atoms with Crippen LogP contribution in [-0.4, -0.2) is 46.3 Å². The predicted molar refractivity (Wildman–Crippen MR) is 61.6 cm³/mol. The first-order valence-electron chi connectivity index (χ1n) is 5.68. The third-order valence-corrected chi connectivity index (χ3v) is 2.53. The minimum absolute atomic E-state index is 0.182. The Balaban J connectivity index is 2.75. The van der Waals surface area contributed by atoms with Crippen LogP contribution in [0.4, 0.5) is 4.79 Å². The zero-order valence-corrected chi connectivity index (χ0v) is 10.5. The van der Waals surface area contributed by atoms with Gasteiger partial charge in [-0.3, -0.25) is 4.90 Å². The van der Waals surface area contributed by atoms with E-state index in [0.29, 0.717) is 12.8 Å². The number of aliphatic carboxylic acids is 1. The van der Waals surface area contributed by atoms with E-state index in [9.17, 15) is 9.59 Å². The number of carbonyl (C=O) groups is 2. The highest BCUT2D eigenvalue weighted by Crippen LogP contribution is 2.20. The number of rotatable bonds is 1. The van der Waals surface area contributed by atoms with Crippen LogP contribution >= 0.6 is 0 Å². The van der Waals surface area contributed by atoms with Gasteiger partial charge >= 0.3 is 12.1 Å². The first kappa shape index (κ1) is 13.8. The molecule has 6 nitrogen and oxygen atoms in total. The van der Waals surface area contributed by atoms with Crippen LogP contribution in [0.1, 0.15) is 33.6 Å². The van der Waals surface area contributed by atoms with E-state index in [1.54, 1.807) is 20.8 Å². The Kier molecular flexibility index (Phi) is 3.98. The molecule has 1 fully saturated rings. The lowest BCUT2D eigenvalue weighted by Crippen LogP contribution is -2.55. The number of carboxylic acids is 1. The molecule has 0 bridgehead atoms. The van der Waals surface area contributed by atoms with E-state index in [1.807, 2.05) is 0 Å². The van der Waals surface area contributed by atoms with Gasteiger partial charge in [0.2, 0.25) is 0 Å². The van der Waals surface area contributed by atoms with Gasteiger partial charge in [0.25, 0.3) is 0 Å². The fourth-order valence-corrected chi connectivity index (χ4v) is 1.78. The van der Waals surface area contributed by atoms with Gasteiger partial charge in [0.15, 0.2) is 0 Å². The molecule has 0 aromatic rings. The molecule has 1 heterocycles. The van der Waals surface area contributed by atoms with Crippen molar-refractivity contribution in [1.29, 1.82) is 0 Å². The summed E-state index contributed by atoms with van der Waals surface area (Å²) in [5.74, 6) is -1.01. The minimum atomic E-state index is -1.01. The molecule has 98 valence electrons. The zero-order chi connectivity index (χ0) is 13.2. The molecule has 2 atom stereocenters. The van der Waals surface area contributed by atoms with Crippen molar-refractivity contribution >= 4 is 12.1 Å². The second-order valence-corrected chi connectivity index (χ2v) is 5.32. The summed E-state index contributed by atoms with van der Waals surface area (Å²) in [4.78, 5) is 24.1. The van der Waals surface area contributed by atoms with Gasteiger partial charge in [-0.05, 0) is 33.6 Å². The number of nitrogens with two attached hydrogens (primary N) is 1. The normalized spacial score (nSPS) is 25.5. The Bertz CT molecular complexity index is 311. The molecular weight excluding hydrogens is 224 g/mol. The number of hydrogen-bond donors (Lipinski definition) is 2. The molecule has 0 aliphatic carbocycles. The van der Waals surface area contributed by atoms with Crippen molar-refractivity contribution in [3.63, 3.8) is 0 Å². The molecule has 17 heavy (non-hydrogen) atoms. The lowest BCUT2D eigenvalue weighted by atomic mass is 9.99. The van der Waals surface area contributed by atoms with Gasteiger partial charge in [-0.15, -0.1) is 0 Å². The summed E-state index contributed by atoms with van der Waals surface area (Å²) >= 11 is 0. The van der Waals surface area contributed by atoms with Crippen LogP contribution in [-0.2, 0) is 9.53 Å². The quantitative estimate of drug-likeness (QED) is 0.711. The fraction of sp³-hybridized carbons (Fsp3) is 0.818. The molecule has 0 spiro atoms. The molecule has 1 aliphatic heterocycles. The fourth-order valence-electron chi connectivity index (χ4n) is 1.78. The number of ether oxygens (including phenoxy) is 1. The summed E-state index contributed by atoms with van der Waals surface area (Å²) in [6, 6.07) is -1.01. The molecule has 0 aromatic heterocycles. The Morgan fingerprint density at radius 1 is 1.35 bits per heavy atom. The van der Waals surface area contributed by atoms with E-state index in [0.717, 1.165) is 0 Å². The number of piperidine rings is 1. The average Bonchev–Trinajstić information content (AvgIpc) is 2.14. The van der Waals surface area contributed by atoms with E-state index in [1.165, 1.54) is 4.90 Å². The van der Waals surface area contributed by atoms with Gasteiger partial charge in [0.05, 0.1) is 0 Å². The average molecular weight is 244 g/mol. The van der Waals surface area contributed by atoms with Crippen molar-refractivity contribution in [3.05, 3.63) is 0 Å². The maximum absolute atomic E-state index is 11.9. The number of carbonyl (C=O) groups excluding carboxylic acids is 1. The summed E-state index contributed by atoms with van der Waals surface area (Å²) < 4.78 is 5.17. The molecule has 1 saturated heterocycles. The lowest BCUT2D eigenvalue weighted by Gasteiger charge is -2.36. The van der Waals surface area contributed by atoms with E-state index >= 15 is 0 Å². The first-order valence-corrected chi connectivity index (χ1v) is 5.68. The zero-order valence-electron chi connectivity index (χ0n) is 10.5. The Morgan fingerprint density at radius 3 is 2.41 bits per heavy atom. The van der Waals surface area contributed by atoms with Crippen LogP contribution in [0, 0.1) is 0 Å². The highest BCUT2D eigenvalue weighted by molar-refractivity contribution is 5.80. The van der Waals surface area contributed by atoms with Gasteiger partial charge < -0.3 is 15.6 Å². The van der Waals surface area contributed by atoms with Crippen molar-refractivity contribution in [2.24, 2.45) is 5.73 Å². The standard InChI is InChI=1S/C11H20N2O4/c1-11(2,3)17-10(16)13-6-7(12)4-5-8(13)9(14)15/h7-8H,4-6,12H2,1-3H3,(H,14,15)/t7-,8+/m1/s1. The topological polar surface area (TPSA) is 92.9 Å². The number of amides is 1. The molecule has 0 aromatic carbocycles. The molecule has 1 rings (SSSR count). The summed E-state index contributed by atoms with van der Waals surface area (Å²) in [5, 5.41) is 9.05. The van der Waals surface area contributed by atoms with Crippen LogP contribution in [0.15, 0.2) is 0 Å². The van der Waals surface area contributed by atoms with Crippen molar-refractivity contribution in [2.45, 2.75) is 51.3 Å². The second-order valence-electron chi connectivity index (χ2n) is 5.32. The molecule has 1 aliphatic rings. The summed E-state index contributed by atoms with van der Waals surface area (Å²) in [6.45, 7) is 5.45. The van der Waals surface area contributed by atoms with Crippen molar-refractivity contribution < 1.29 is 19.4 Å². The second kappa shape index (κ2) is 4.91. The maximum atomic E-state index is 11.9. The Hall–Kier alpha value is -1.30. The van der Waals surface area contributed by atoms with E-state index in [4.69, 9.17) is 15.6 Å². The number of hydrogen-bond acceptors (Lipinski definition) is 4. The number of nitrogens with zero attached hydrogens (tertiary/aromatic N) is 1. The van der Waals surface area contributed by atoms with E-state index in [2.05, 4.69) is 0 Å². The van der Waals surface area contributed by atoms with Gasteiger partial charge in [0, 0.05) is 12.6 Å². The highest BCUT2D eigenvalue weighted by Gasteiger charge is 2.37. The summed E-state index contributed by atoms with van der Waals surface area (Å²) in [7, 11) is 0. The minimum Gasteiger partial charge on any atom is -0.480 e. The Labute approximate surface area is 101 Å². The SMILES string of the molecule is CC(C)(C)OC(=O)N1C[C@H](N)CC[C@H]1C(=O)O. The molecule has 0 saturated carbocycles. The molecular formula is C11H20N2O4. The van der Waals surface area contributed by atoms with Crippen molar-refractivity contribution in [1.82, 2.24) is 4.90 Å². The monoisotopic (exact) mass is 244 g/mol. The van der Waals surface area contributed by atoms with Gasteiger partial charge in [-0.1, -0.05) is 0 Å². The van der Waals surface area contributed by atoms with Crippen molar-refractivity contribution in [3.8, 4) is 0 Å². The van der Waals surface area contributed by atoms with Gasteiger partial charge in [0.1, 0.15) is 11.6 Å². The highest BCUT2D eigenvalue weighted by atomic mass is 16.6. The molecule has 0 unspecified atom stereocenters. The van der Waals surface area contributed by atoms with Gasteiger partial charge in [-0.2, -0.15) is 0 Å². The van der Waals surface area contributed by atoms with Crippen LogP contribution in [0.25, 0.3) is 0 Å². The predicted octanol–water partition coefficient (Wildman–Crippen LogP) is 0.798. The van der Waals surface area contributed by atoms with Crippen LogP contribution in [0.2, 0.25) is 0 Å². The maximum Gasteiger partial charge on any atom is 0.411 e. The third kappa shape index (κ3) is 3.89. The van der Waals surface area contributed by atoms with Crippen LogP contribution < -0.4 is 5.73 Å². The smallest absolute Gasteiger partial charge is 0.411 e. The van der Waals surface area contributed by atoms with Crippen molar-refractivity contribution in [2.75, 3.05) is 6.54 Å². The molecule has 6 heteroatoms. The molecule has 3 N–H and O–H groups in total. The Morgan fingerprint density at radius 2 is 1.94 bits per heavy atom. The van der Waals surface area contributed by atoms with E-state index < -0.39 is 23.7 Å². The molecule has 0 radical (unpaired) electrons. The van der Waals surface area contributed by atoms with Crippen LogP contribution in [0.5, 0.6) is 0 Å². The number of carboxylic acid groups (broad SMARTS) is 1. The summed E-state index contributed by atoms with van der Waals surface area (Å²) in [5.41, 5.74) is 5.11. The summed E-state index contributed by atoms with van der Waals surface area (Å²) in [6.07, 6.45) is 0.367. The largest absolute Gasteiger partial charge is 0.480 e. The van der Waals surface area contributed by atoms with Gasteiger partial charge in [-0.25, -0.2) is 9.59 Å². The number of likely N-dealkylation sites (tertiary alicyclic amines) is 1. The first-order chi connectivity index (χ1) is 7.70. The lowest BCUT2D eigenvalue weighted by molar-refractivity contribution is -0.144. The third-order valence-electron chi connectivity index (χ3n) is 2.53. The van der Waals surface area contributed by atoms with Crippen LogP contribution in [0.3, 0.4) is 0 Å². The molecule has 1 amide bonds. The van der Waals surface area contributed by atoms with E-state index in [-0.39, 0.29) is 12.6 Å².